The summed E-state index contributed by atoms with van der Waals surface area (Å²) in [5.74, 6) is 1.40. The van der Waals surface area contributed by atoms with Gasteiger partial charge in [0.2, 0.25) is 0 Å². The standard InChI is InChI=1S/C24H22N2O2S/c1-15-10-12-17(13-11-15)26-22(16-6-5-7-18(14-16)28-2)25-23-21(24(26)27)19-8-3-4-9-20(19)29-23/h5-7,10-14H,3-4,8-9H2,1-2H3. The second-order valence-electron chi connectivity index (χ2n) is 7.53. The highest BCUT2D eigenvalue weighted by Crippen LogP contribution is 2.35. The van der Waals surface area contributed by atoms with Gasteiger partial charge >= 0.3 is 0 Å². The van der Waals surface area contributed by atoms with Gasteiger partial charge in [0.1, 0.15) is 16.4 Å². The maximum atomic E-state index is 13.8. The molecule has 0 radical (unpaired) electrons. The summed E-state index contributed by atoms with van der Waals surface area (Å²) in [7, 11) is 1.65. The summed E-state index contributed by atoms with van der Waals surface area (Å²) in [5, 5.41) is 0.803. The first kappa shape index (κ1) is 18.1. The number of ether oxygens (including phenoxy) is 1. The van der Waals surface area contributed by atoms with E-state index in [4.69, 9.17) is 9.72 Å². The monoisotopic (exact) mass is 402 g/mol. The summed E-state index contributed by atoms with van der Waals surface area (Å²) < 4.78 is 7.17. The highest BCUT2D eigenvalue weighted by molar-refractivity contribution is 7.18. The molecule has 146 valence electrons. The molecular weight excluding hydrogens is 380 g/mol. The Morgan fingerprint density at radius 1 is 1.07 bits per heavy atom. The van der Waals surface area contributed by atoms with Crippen LogP contribution in [0.25, 0.3) is 27.3 Å². The second kappa shape index (κ2) is 7.16. The maximum absolute atomic E-state index is 13.8. The minimum Gasteiger partial charge on any atom is -0.497 e. The molecule has 5 heteroatoms. The number of aryl methyl sites for hydroxylation is 3. The molecule has 1 aliphatic rings. The lowest BCUT2D eigenvalue weighted by atomic mass is 9.97. The van der Waals surface area contributed by atoms with Crippen LogP contribution in [0, 0.1) is 6.92 Å². The molecule has 29 heavy (non-hydrogen) atoms. The lowest BCUT2D eigenvalue weighted by Gasteiger charge is -2.15. The van der Waals surface area contributed by atoms with Crippen molar-refractivity contribution in [3.63, 3.8) is 0 Å². The van der Waals surface area contributed by atoms with Crippen LogP contribution in [-0.2, 0) is 12.8 Å². The van der Waals surface area contributed by atoms with E-state index in [1.165, 1.54) is 16.9 Å². The van der Waals surface area contributed by atoms with E-state index in [9.17, 15) is 4.79 Å². The molecular formula is C24H22N2O2S. The van der Waals surface area contributed by atoms with Gasteiger partial charge in [0.05, 0.1) is 18.2 Å². The Bertz CT molecular complexity index is 1270. The SMILES string of the molecule is COc1cccc(-c2nc3sc4c(c3c(=O)n2-c2ccc(C)cc2)CCCC4)c1. The number of fused-ring (bicyclic) bond motifs is 3. The number of hydrogen-bond donors (Lipinski definition) is 0. The first-order valence-corrected chi connectivity index (χ1v) is 10.8. The van der Waals surface area contributed by atoms with Crippen LogP contribution in [0.3, 0.4) is 0 Å². The van der Waals surface area contributed by atoms with Gasteiger partial charge in [-0.2, -0.15) is 0 Å². The molecule has 2 aromatic carbocycles. The third-order valence-corrected chi connectivity index (χ3v) is 6.79. The molecule has 0 aliphatic heterocycles. The largest absolute Gasteiger partial charge is 0.497 e. The third-order valence-electron chi connectivity index (χ3n) is 5.61. The molecule has 0 fully saturated rings. The van der Waals surface area contributed by atoms with E-state index >= 15 is 0 Å². The highest BCUT2D eigenvalue weighted by Gasteiger charge is 2.23. The van der Waals surface area contributed by atoms with Crippen molar-refractivity contribution in [1.82, 2.24) is 9.55 Å². The van der Waals surface area contributed by atoms with Crippen molar-refractivity contribution >= 4 is 21.6 Å². The first-order chi connectivity index (χ1) is 14.2. The number of aromatic nitrogens is 2. The van der Waals surface area contributed by atoms with Gasteiger partial charge in [-0.3, -0.25) is 9.36 Å². The number of methoxy groups -OCH3 is 1. The molecule has 1 aliphatic carbocycles. The van der Waals surface area contributed by atoms with E-state index in [0.717, 1.165) is 52.0 Å². The van der Waals surface area contributed by atoms with Crippen LogP contribution < -0.4 is 10.3 Å². The van der Waals surface area contributed by atoms with Crippen molar-refractivity contribution in [1.29, 1.82) is 0 Å². The molecule has 5 rings (SSSR count). The molecule has 0 spiro atoms. The van der Waals surface area contributed by atoms with E-state index in [1.54, 1.807) is 23.0 Å². The van der Waals surface area contributed by atoms with Gasteiger partial charge in [0.25, 0.3) is 5.56 Å². The fraction of sp³-hybridized carbons (Fsp3) is 0.250. The van der Waals surface area contributed by atoms with Crippen molar-refractivity contribution in [2.24, 2.45) is 0 Å². The Labute approximate surface area is 173 Å². The molecule has 2 heterocycles. The molecule has 0 N–H and O–H groups in total. The van der Waals surface area contributed by atoms with E-state index in [2.05, 4.69) is 0 Å². The van der Waals surface area contributed by atoms with Crippen molar-refractivity contribution in [3.05, 3.63) is 74.9 Å². The lowest BCUT2D eigenvalue weighted by molar-refractivity contribution is 0.415. The fourth-order valence-corrected chi connectivity index (χ4v) is 5.35. The Morgan fingerprint density at radius 2 is 1.86 bits per heavy atom. The predicted octanol–water partition coefficient (Wildman–Crippen LogP) is 5.31. The molecule has 0 amide bonds. The molecule has 4 aromatic rings. The Morgan fingerprint density at radius 3 is 2.66 bits per heavy atom. The normalized spacial score (nSPS) is 13.4. The minimum absolute atomic E-state index is 0.0241. The van der Waals surface area contributed by atoms with Crippen molar-refractivity contribution < 1.29 is 4.74 Å². The molecule has 0 atom stereocenters. The molecule has 4 nitrogen and oxygen atoms in total. The van der Waals surface area contributed by atoms with Crippen LogP contribution in [0.5, 0.6) is 5.75 Å². The summed E-state index contributed by atoms with van der Waals surface area (Å²) in [6, 6.07) is 15.8. The number of nitrogens with zero attached hydrogens (tertiary/aromatic N) is 2. The van der Waals surface area contributed by atoms with E-state index in [1.807, 2.05) is 55.5 Å². The third kappa shape index (κ3) is 3.06. The van der Waals surface area contributed by atoms with Crippen LogP contribution >= 0.6 is 11.3 Å². The predicted molar refractivity (Wildman–Crippen MR) is 119 cm³/mol. The van der Waals surface area contributed by atoms with Gasteiger partial charge in [0.15, 0.2) is 0 Å². The zero-order valence-corrected chi connectivity index (χ0v) is 17.4. The molecule has 0 unspecified atom stereocenters. The highest BCUT2D eigenvalue weighted by atomic mass is 32.1. The molecule has 0 bridgehead atoms. The average molecular weight is 403 g/mol. The van der Waals surface area contributed by atoms with Crippen LogP contribution in [0.2, 0.25) is 0 Å². The number of thiophene rings is 1. The fourth-order valence-electron chi connectivity index (χ4n) is 4.09. The second-order valence-corrected chi connectivity index (χ2v) is 8.62. The summed E-state index contributed by atoms with van der Waals surface area (Å²) in [5.41, 5.74) is 4.11. The zero-order chi connectivity index (χ0) is 20.0. The van der Waals surface area contributed by atoms with Crippen molar-refractivity contribution in [2.45, 2.75) is 32.6 Å². The Hall–Kier alpha value is -2.92. The van der Waals surface area contributed by atoms with Crippen LogP contribution in [0.1, 0.15) is 28.8 Å². The maximum Gasteiger partial charge on any atom is 0.267 e. The van der Waals surface area contributed by atoms with Gasteiger partial charge in [-0.15, -0.1) is 11.3 Å². The minimum atomic E-state index is 0.0241. The van der Waals surface area contributed by atoms with E-state index < -0.39 is 0 Å². The summed E-state index contributed by atoms with van der Waals surface area (Å²) >= 11 is 1.68. The number of benzene rings is 2. The summed E-state index contributed by atoms with van der Waals surface area (Å²) in [6.45, 7) is 2.05. The van der Waals surface area contributed by atoms with Gasteiger partial charge in [-0.05, 0) is 62.4 Å². The van der Waals surface area contributed by atoms with Crippen LogP contribution in [-0.4, -0.2) is 16.7 Å². The molecule has 0 saturated heterocycles. The summed E-state index contributed by atoms with van der Waals surface area (Å²) in [6.07, 6.45) is 4.35. The molecule has 2 aromatic heterocycles. The quantitative estimate of drug-likeness (QED) is 0.466. The lowest BCUT2D eigenvalue weighted by Crippen LogP contribution is -2.22. The van der Waals surface area contributed by atoms with Crippen molar-refractivity contribution in [3.8, 4) is 22.8 Å². The van der Waals surface area contributed by atoms with Gasteiger partial charge in [-0.25, -0.2) is 4.98 Å². The van der Waals surface area contributed by atoms with Gasteiger partial charge in [0, 0.05) is 10.4 Å². The van der Waals surface area contributed by atoms with Gasteiger partial charge < -0.3 is 4.74 Å². The smallest absolute Gasteiger partial charge is 0.267 e. The van der Waals surface area contributed by atoms with Gasteiger partial charge in [-0.1, -0.05) is 29.8 Å². The average Bonchev–Trinajstić information content (AvgIpc) is 3.13. The topological polar surface area (TPSA) is 44.1 Å². The Kier molecular flexibility index (Phi) is 4.47. The zero-order valence-electron chi connectivity index (χ0n) is 16.6. The summed E-state index contributed by atoms with van der Waals surface area (Å²) in [4.78, 5) is 21.0. The van der Waals surface area contributed by atoms with E-state index in [0.29, 0.717) is 5.82 Å². The molecule has 0 saturated carbocycles. The number of hydrogen-bond acceptors (Lipinski definition) is 4. The Balaban J connectivity index is 1.86. The number of rotatable bonds is 3. The van der Waals surface area contributed by atoms with E-state index in [-0.39, 0.29) is 5.56 Å². The van der Waals surface area contributed by atoms with Crippen molar-refractivity contribution in [2.75, 3.05) is 7.11 Å². The first-order valence-electron chi connectivity index (χ1n) is 9.94. The van der Waals surface area contributed by atoms with Crippen LogP contribution in [0.15, 0.2) is 53.3 Å². The van der Waals surface area contributed by atoms with Crippen LogP contribution in [0.4, 0.5) is 0 Å².